The molecule has 0 spiro atoms. The highest BCUT2D eigenvalue weighted by atomic mass is 16.3. The smallest absolute Gasteiger partial charge is 0.228 e. The van der Waals surface area contributed by atoms with Crippen molar-refractivity contribution in [3.63, 3.8) is 0 Å². The molecule has 0 aliphatic heterocycles. The fourth-order valence-corrected chi connectivity index (χ4v) is 2.01. The third-order valence-corrected chi connectivity index (χ3v) is 3.16. The van der Waals surface area contributed by atoms with E-state index in [2.05, 4.69) is 42.9 Å². The van der Waals surface area contributed by atoms with Crippen molar-refractivity contribution in [1.29, 1.82) is 0 Å². The third kappa shape index (κ3) is 2.24. The molecule has 0 aliphatic rings. The van der Waals surface area contributed by atoms with Gasteiger partial charge < -0.3 is 4.42 Å². The summed E-state index contributed by atoms with van der Waals surface area (Å²) in [7, 11) is 0. The van der Waals surface area contributed by atoms with Crippen LogP contribution >= 0.6 is 0 Å². The van der Waals surface area contributed by atoms with E-state index in [9.17, 15) is 0 Å². The topological polar surface area (TPSA) is 38.9 Å². The van der Waals surface area contributed by atoms with Gasteiger partial charge in [0.15, 0.2) is 11.2 Å². The molecule has 0 radical (unpaired) electrons. The Labute approximate surface area is 112 Å². The second-order valence-electron chi connectivity index (χ2n) is 5.67. The van der Waals surface area contributed by atoms with Gasteiger partial charge in [-0.2, -0.15) is 4.98 Å². The van der Waals surface area contributed by atoms with Crippen molar-refractivity contribution < 1.29 is 4.42 Å². The minimum atomic E-state index is 0.154. The van der Waals surface area contributed by atoms with Gasteiger partial charge in [0.25, 0.3) is 0 Å². The van der Waals surface area contributed by atoms with Gasteiger partial charge in [0, 0.05) is 11.8 Å². The van der Waals surface area contributed by atoms with Gasteiger partial charge in [0.1, 0.15) is 0 Å². The number of oxazole rings is 1. The molecule has 0 atom stereocenters. The molecule has 3 nitrogen and oxygen atoms in total. The Bertz CT molecular complexity index is 672. The third-order valence-electron chi connectivity index (χ3n) is 3.16. The molecule has 1 aromatic carbocycles. The summed E-state index contributed by atoms with van der Waals surface area (Å²) in [6.07, 6.45) is 1.72. The van der Waals surface area contributed by atoms with Crippen molar-refractivity contribution in [3.05, 3.63) is 48.2 Å². The van der Waals surface area contributed by atoms with Crippen LogP contribution in [0.2, 0.25) is 0 Å². The Morgan fingerprint density at radius 3 is 2.37 bits per heavy atom. The maximum atomic E-state index is 5.71. The fourth-order valence-electron chi connectivity index (χ4n) is 2.01. The van der Waals surface area contributed by atoms with Crippen molar-refractivity contribution in [2.45, 2.75) is 26.2 Å². The summed E-state index contributed by atoms with van der Waals surface area (Å²) in [5.74, 6) is 0.620. The molecule has 19 heavy (non-hydrogen) atoms. The highest BCUT2D eigenvalue weighted by Crippen LogP contribution is 2.27. The van der Waals surface area contributed by atoms with Crippen LogP contribution in [0.3, 0.4) is 0 Å². The van der Waals surface area contributed by atoms with Crippen LogP contribution in [-0.4, -0.2) is 9.97 Å². The largest absolute Gasteiger partial charge is 0.434 e. The molecule has 2 aromatic heterocycles. The molecule has 0 fully saturated rings. The summed E-state index contributed by atoms with van der Waals surface area (Å²) < 4.78 is 5.71. The quantitative estimate of drug-likeness (QED) is 0.652. The summed E-state index contributed by atoms with van der Waals surface area (Å²) in [5, 5.41) is 0. The van der Waals surface area contributed by atoms with Crippen LogP contribution in [0.15, 0.2) is 47.0 Å². The molecule has 96 valence electrons. The SMILES string of the molecule is CC(C)(C)c1ccc(-c2nc3ncccc3o2)cc1. The highest BCUT2D eigenvalue weighted by molar-refractivity contribution is 5.71. The molecule has 0 saturated heterocycles. The molecular formula is C16H16N2O. The minimum absolute atomic E-state index is 0.154. The van der Waals surface area contributed by atoms with E-state index in [0.29, 0.717) is 11.5 Å². The zero-order valence-corrected chi connectivity index (χ0v) is 11.3. The van der Waals surface area contributed by atoms with Gasteiger partial charge in [-0.25, -0.2) is 4.98 Å². The van der Waals surface area contributed by atoms with E-state index < -0.39 is 0 Å². The van der Waals surface area contributed by atoms with Gasteiger partial charge in [-0.15, -0.1) is 0 Å². The van der Waals surface area contributed by atoms with E-state index >= 15 is 0 Å². The molecule has 0 bridgehead atoms. The first-order valence-corrected chi connectivity index (χ1v) is 6.36. The Morgan fingerprint density at radius 2 is 1.74 bits per heavy atom. The van der Waals surface area contributed by atoms with Crippen molar-refractivity contribution in [3.8, 4) is 11.5 Å². The number of hydrogen-bond donors (Lipinski definition) is 0. The molecule has 0 N–H and O–H groups in total. The first-order valence-electron chi connectivity index (χ1n) is 6.36. The van der Waals surface area contributed by atoms with Crippen LogP contribution in [0.4, 0.5) is 0 Å². The summed E-state index contributed by atoms with van der Waals surface area (Å²) >= 11 is 0. The average molecular weight is 252 g/mol. The van der Waals surface area contributed by atoms with E-state index in [4.69, 9.17) is 4.42 Å². The maximum absolute atomic E-state index is 5.71. The Kier molecular flexibility index (Phi) is 2.63. The number of pyridine rings is 1. The summed E-state index contributed by atoms with van der Waals surface area (Å²) in [5.41, 5.74) is 3.80. The number of hydrogen-bond acceptors (Lipinski definition) is 3. The van der Waals surface area contributed by atoms with E-state index in [-0.39, 0.29) is 5.41 Å². The van der Waals surface area contributed by atoms with Gasteiger partial charge in [-0.1, -0.05) is 32.9 Å². The summed E-state index contributed by atoms with van der Waals surface area (Å²) in [6.45, 7) is 6.60. The lowest BCUT2D eigenvalue weighted by Gasteiger charge is -2.18. The van der Waals surface area contributed by atoms with Crippen LogP contribution in [0.25, 0.3) is 22.7 Å². The molecule has 3 rings (SSSR count). The first kappa shape index (κ1) is 11.9. The molecule has 3 aromatic rings. The minimum Gasteiger partial charge on any atom is -0.434 e. The maximum Gasteiger partial charge on any atom is 0.228 e. The molecule has 0 amide bonds. The second-order valence-corrected chi connectivity index (χ2v) is 5.67. The van der Waals surface area contributed by atoms with E-state index in [1.54, 1.807) is 6.20 Å². The normalized spacial score (nSPS) is 11.9. The zero-order chi connectivity index (χ0) is 13.5. The van der Waals surface area contributed by atoms with Gasteiger partial charge in [-0.05, 0) is 35.2 Å². The molecule has 3 heteroatoms. The lowest BCUT2D eigenvalue weighted by atomic mass is 9.87. The van der Waals surface area contributed by atoms with Crippen LogP contribution in [-0.2, 0) is 5.41 Å². The number of benzene rings is 1. The van der Waals surface area contributed by atoms with Crippen LogP contribution in [0, 0.1) is 0 Å². The molecule has 0 saturated carbocycles. The van der Waals surface area contributed by atoms with Gasteiger partial charge >= 0.3 is 0 Å². The Morgan fingerprint density at radius 1 is 1.00 bits per heavy atom. The predicted octanol–water partition coefficient (Wildman–Crippen LogP) is 4.19. The standard InChI is InChI=1S/C16H16N2O/c1-16(2,3)12-8-6-11(7-9-12)15-18-14-13(19-15)5-4-10-17-14/h4-10H,1-3H3. The highest BCUT2D eigenvalue weighted by Gasteiger charge is 2.14. The van der Waals surface area contributed by atoms with E-state index in [0.717, 1.165) is 11.1 Å². The average Bonchev–Trinajstić information content (AvgIpc) is 2.81. The van der Waals surface area contributed by atoms with Crippen LogP contribution < -0.4 is 0 Å². The molecular weight excluding hydrogens is 236 g/mol. The van der Waals surface area contributed by atoms with Gasteiger partial charge in [-0.3, -0.25) is 0 Å². The summed E-state index contributed by atoms with van der Waals surface area (Å²) in [6, 6.07) is 12.1. The Balaban J connectivity index is 2.02. The van der Waals surface area contributed by atoms with Gasteiger partial charge in [0.2, 0.25) is 5.89 Å². The van der Waals surface area contributed by atoms with Crippen molar-refractivity contribution >= 4 is 11.2 Å². The van der Waals surface area contributed by atoms with Crippen molar-refractivity contribution in [1.82, 2.24) is 9.97 Å². The number of aromatic nitrogens is 2. The molecule has 2 heterocycles. The van der Waals surface area contributed by atoms with Crippen LogP contribution in [0.1, 0.15) is 26.3 Å². The zero-order valence-electron chi connectivity index (χ0n) is 11.3. The number of nitrogens with zero attached hydrogens (tertiary/aromatic N) is 2. The lowest BCUT2D eigenvalue weighted by Crippen LogP contribution is -2.10. The van der Waals surface area contributed by atoms with E-state index in [1.165, 1.54) is 5.56 Å². The first-order chi connectivity index (χ1) is 9.04. The van der Waals surface area contributed by atoms with Crippen LogP contribution in [0.5, 0.6) is 0 Å². The predicted molar refractivity (Wildman–Crippen MR) is 75.9 cm³/mol. The molecule has 0 aliphatic carbocycles. The number of rotatable bonds is 1. The fraction of sp³-hybridized carbons (Fsp3) is 0.250. The molecule has 0 unspecified atom stereocenters. The lowest BCUT2D eigenvalue weighted by molar-refractivity contribution is 0.589. The Hall–Kier alpha value is -2.16. The number of fused-ring (bicyclic) bond motifs is 1. The summed E-state index contributed by atoms with van der Waals surface area (Å²) in [4.78, 5) is 8.58. The van der Waals surface area contributed by atoms with Crippen molar-refractivity contribution in [2.75, 3.05) is 0 Å². The second kappa shape index (κ2) is 4.19. The van der Waals surface area contributed by atoms with E-state index in [1.807, 2.05) is 24.3 Å². The van der Waals surface area contributed by atoms with Gasteiger partial charge in [0.05, 0.1) is 0 Å². The van der Waals surface area contributed by atoms with Crippen molar-refractivity contribution in [2.24, 2.45) is 0 Å². The monoisotopic (exact) mass is 252 g/mol.